The first-order chi connectivity index (χ1) is 8.40. The molecule has 0 aliphatic rings. The van der Waals surface area contributed by atoms with E-state index in [4.69, 9.17) is 4.74 Å². The minimum absolute atomic E-state index is 0.740. The lowest BCUT2D eigenvalue weighted by Crippen LogP contribution is -2.17. The summed E-state index contributed by atoms with van der Waals surface area (Å²) in [4.78, 5) is 5.68. The second kappa shape index (κ2) is 6.49. The Bertz CT molecular complexity index is 442. The Balaban J connectivity index is 1.92. The lowest BCUT2D eigenvalue weighted by atomic mass is 10.2. The van der Waals surface area contributed by atoms with E-state index < -0.39 is 0 Å². The maximum Gasteiger partial charge on any atom is 0.123 e. The first-order valence-corrected chi connectivity index (χ1v) is 6.41. The van der Waals surface area contributed by atoms with E-state index in [9.17, 15) is 0 Å². The standard InChI is InChI=1S/C13H16N2OS/c1-16-8-7-14-9-12-10-15-13(17-12)11-5-3-2-4-6-11/h2-6,10,14H,7-9H2,1H3. The molecule has 3 nitrogen and oxygen atoms in total. The third kappa shape index (κ3) is 3.63. The number of hydrogen-bond acceptors (Lipinski definition) is 4. The molecule has 1 aromatic carbocycles. The zero-order valence-corrected chi connectivity index (χ0v) is 10.7. The van der Waals surface area contributed by atoms with Crippen LogP contribution in [0.5, 0.6) is 0 Å². The van der Waals surface area contributed by atoms with Crippen LogP contribution < -0.4 is 5.32 Å². The van der Waals surface area contributed by atoms with E-state index in [1.54, 1.807) is 18.4 Å². The first-order valence-electron chi connectivity index (χ1n) is 5.60. The van der Waals surface area contributed by atoms with Crippen molar-refractivity contribution < 1.29 is 4.74 Å². The molecule has 0 radical (unpaired) electrons. The summed E-state index contributed by atoms with van der Waals surface area (Å²) in [5, 5.41) is 4.39. The maximum atomic E-state index is 4.98. The number of thiazole rings is 1. The topological polar surface area (TPSA) is 34.1 Å². The highest BCUT2D eigenvalue weighted by Crippen LogP contribution is 2.24. The van der Waals surface area contributed by atoms with Gasteiger partial charge in [-0.25, -0.2) is 4.98 Å². The van der Waals surface area contributed by atoms with E-state index in [0.717, 1.165) is 24.7 Å². The van der Waals surface area contributed by atoms with Gasteiger partial charge in [-0.1, -0.05) is 30.3 Å². The molecule has 2 rings (SSSR count). The van der Waals surface area contributed by atoms with Gasteiger partial charge in [0.2, 0.25) is 0 Å². The van der Waals surface area contributed by atoms with Gasteiger partial charge in [0.25, 0.3) is 0 Å². The van der Waals surface area contributed by atoms with E-state index in [1.807, 2.05) is 24.4 Å². The Morgan fingerprint density at radius 1 is 1.29 bits per heavy atom. The van der Waals surface area contributed by atoms with Gasteiger partial charge in [0, 0.05) is 36.8 Å². The minimum atomic E-state index is 0.740. The highest BCUT2D eigenvalue weighted by atomic mass is 32.1. The summed E-state index contributed by atoms with van der Waals surface area (Å²) >= 11 is 1.73. The molecule has 0 saturated heterocycles. The van der Waals surface area contributed by atoms with Crippen LogP contribution >= 0.6 is 11.3 Å². The van der Waals surface area contributed by atoms with Crippen molar-refractivity contribution in [3.63, 3.8) is 0 Å². The van der Waals surface area contributed by atoms with Crippen LogP contribution in [0, 0.1) is 0 Å². The van der Waals surface area contributed by atoms with Crippen molar-refractivity contribution in [2.75, 3.05) is 20.3 Å². The Kier molecular flexibility index (Phi) is 4.67. The number of benzene rings is 1. The Morgan fingerprint density at radius 3 is 2.88 bits per heavy atom. The fraction of sp³-hybridized carbons (Fsp3) is 0.308. The molecule has 1 aromatic heterocycles. The van der Waals surface area contributed by atoms with Gasteiger partial charge in [-0.2, -0.15) is 0 Å². The second-order valence-corrected chi connectivity index (χ2v) is 4.78. The molecule has 90 valence electrons. The second-order valence-electron chi connectivity index (χ2n) is 3.67. The fourth-order valence-electron chi connectivity index (χ4n) is 1.49. The van der Waals surface area contributed by atoms with Crippen LogP contribution in [0.2, 0.25) is 0 Å². The normalized spacial score (nSPS) is 10.6. The quantitative estimate of drug-likeness (QED) is 0.798. The number of nitrogens with zero attached hydrogens (tertiary/aromatic N) is 1. The van der Waals surface area contributed by atoms with Crippen molar-refractivity contribution in [2.24, 2.45) is 0 Å². The van der Waals surface area contributed by atoms with Crippen LogP contribution in [0.1, 0.15) is 4.88 Å². The van der Waals surface area contributed by atoms with Gasteiger partial charge in [-0.3, -0.25) is 0 Å². The molecular weight excluding hydrogens is 232 g/mol. The predicted molar refractivity (Wildman–Crippen MR) is 71.1 cm³/mol. The number of hydrogen-bond donors (Lipinski definition) is 1. The van der Waals surface area contributed by atoms with Crippen LogP contribution in [0.3, 0.4) is 0 Å². The molecule has 1 N–H and O–H groups in total. The van der Waals surface area contributed by atoms with E-state index in [0.29, 0.717) is 0 Å². The average Bonchev–Trinajstić information content (AvgIpc) is 2.85. The Hall–Kier alpha value is -1.23. The van der Waals surface area contributed by atoms with Gasteiger partial charge in [-0.15, -0.1) is 11.3 Å². The van der Waals surface area contributed by atoms with Crippen LogP contribution in [-0.4, -0.2) is 25.2 Å². The first kappa shape index (κ1) is 12.2. The molecule has 0 aliphatic heterocycles. The maximum absolute atomic E-state index is 4.98. The fourth-order valence-corrected chi connectivity index (χ4v) is 2.38. The molecule has 0 bridgehead atoms. The number of aromatic nitrogens is 1. The molecule has 0 fully saturated rings. The molecular formula is C13H16N2OS. The van der Waals surface area contributed by atoms with Crippen LogP contribution in [0.15, 0.2) is 36.5 Å². The largest absolute Gasteiger partial charge is 0.383 e. The van der Waals surface area contributed by atoms with E-state index in [-0.39, 0.29) is 0 Å². The molecule has 2 aromatic rings. The Morgan fingerprint density at radius 2 is 2.12 bits per heavy atom. The smallest absolute Gasteiger partial charge is 0.123 e. The van der Waals surface area contributed by atoms with Crippen molar-refractivity contribution >= 4 is 11.3 Å². The highest BCUT2D eigenvalue weighted by Gasteiger charge is 2.03. The number of nitrogens with one attached hydrogen (secondary N) is 1. The third-order valence-electron chi connectivity index (χ3n) is 2.36. The van der Waals surface area contributed by atoms with Crippen molar-refractivity contribution in [1.29, 1.82) is 0 Å². The van der Waals surface area contributed by atoms with Crippen LogP contribution in [-0.2, 0) is 11.3 Å². The summed E-state index contributed by atoms with van der Waals surface area (Å²) in [6.45, 7) is 2.47. The summed E-state index contributed by atoms with van der Waals surface area (Å²) in [5.74, 6) is 0. The lowest BCUT2D eigenvalue weighted by molar-refractivity contribution is 0.199. The summed E-state index contributed by atoms with van der Waals surface area (Å²) < 4.78 is 4.98. The lowest BCUT2D eigenvalue weighted by Gasteiger charge is -2.00. The van der Waals surface area contributed by atoms with Gasteiger partial charge in [0.1, 0.15) is 5.01 Å². The van der Waals surface area contributed by atoms with E-state index >= 15 is 0 Å². The summed E-state index contributed by atoms with van der Waals surface area (Å²) in [6, 6.07) is 10.3. The van der Waals surface area contributed by atoms with E-state index in [2.05, 4.69) is 22.4 Å². The van der Waals surface area contributed by atoms with Crippen molar-refractivity contribution in [3.8, 4) is 10.6 Å². The molecule has 0 unspecified atom stereocenters. The summed E-state index contributed by atoms with van der Waals surface area (Å²) in [5.41, 5.74) is 1.18. The molecule has 0 atom stereocenters. The van der Waals surface area contributed by atoms with Gasteiger partial charge >= 0.3 is 0 Å². The van der Waals surface area contributed by atoms with E-state index in [1.165, 1.54) is 10.4 Å². The third-order valence-corrected chi connectivity index (χ3v) is 3.40. The SMILES string of the molecule is COCCNCc1cnc(-c2ccccc2)s1. The highest BCUT2D eigenvalue weighted by molar-refractivity contribution is 7.15. The minimum Gasteiger partial charge on any atom is -0.383 e. The molecule has 0 saturated carbocycles. The predicted octanol–water partition coefficient (Wildman–Crippen LogP) is 2.55. The molecule has 0 aliphatic carbocycles. The molecule has 17 heavy (non-hydrogen) atoms. The van der Waals surface area contributed by atoms with Gasteiger partial charge < -0.3 is 10.1 Å². The van der Waals surface area contributed by atoms with Gasteiger partial charge in [0.15, 0.2) is 0 Å². The molecule has 4 heteroatoms. The van der Waals surface area contributed by atoms with Crippen molar-refractivity contribution in [2.45, 2.75) is 6.54 Å². The van der Waals surface area contributed by atoms with Crippen LogP contribution in [0.25, 0.3) is 10.6 Å². The zero-order chi connectivity index (χ0) is 11.9. The van der Waals surface area contributed by atoms with Crippen molar-refractivity contribution in [1.82, 2.24) is 10.3 Å². The van der Waals surface area contributed by atoms with Crippen molar-refractivity contribution in [3.05, 3.63) is 41.4 Å². The zero-order valence-electron chi connectivity index (χ0n) is 9.85. The summed E-state index contributed by atoms with van der Waals surface area (Å²) in [7, 11) is 1.71. The number of rotatable bonds is 6. The average molecular weight is 248 g/mol. The molecule has 0 amide bonds. The molecule has 0 spiro atoms. The Labute approximate surface area is 105 Å². The van der Waals surface area contributed by atoms with Gasteiger partial charge in [-0.05, 0) is 0 Å². The monoisotopic (exact) mass is 248 g/mol. The van der Waals surface area contributed by atoms with Crippen LogP contribution in [0.4, 0.5) is 0 Å². The number of methoxy groups -OCH3 is 1. The summed E-state index contributed by atoms with van der Waals surface area (Å²) in [6.07, 6.45) is 1.94. The molecule has 1 heterocycles. The van der Waals surface area contributed by atoms with Gasteiger partial charge in [0.05, 0.1) is 6.61 Å². The number of ether oxygens (including phenoxy) is 1.